The van der Waals surface area contributed by atoms with E-state index < -0.39 is 12.5 Å². The maximum atomic E-state index is 10.2. The lowest BCUT2D eigenvalue weighted by molar-refractivity contribution is -0.131. The molecule has 0 aromatic carbocycles. The lowest BCUT2D eigenvalue weighted by atomic mass is 10.6. The Morgan fingerprint density at radius 1 is 1.75 bits per heavy atom. The summed E-state index contributed by atoms with van der Waals surface area (Å²) in [6.45, 7) is 1.31. The van der Waals surface area contributed by atoms with Crippen molar-refractivity contribution in [1.82, 2.24) is 4.42 Å². The SMILES string of the molecule is CCN(Cl)C(=O)C[O]. The van der Waals surface area contributed by atoms with Crippen molar-refractivity contribution in [2.45, 2.75) is 6.92 Å². The van der Waals surface area contributed by atoms with Crippen molar-refractivity contribution in [3.63, 3.8) is 0 Å². The lowest BCUT2D eigenvalue weighted by Gasteiger charge is -2.05. The highest BCUT2D eigenvalue weighted by molar-refractivity contribution is 6.21. The average Bonchev–Trinajstić information content (AvgIpc) is 1.84. The summed E-state index contributed by atoms with van der Waals surface area (Å²) in [5.74, 6) is -0.575. The molecule has 3 nitrogen and oxygen atoms in total. The van der Waals surface area contributed by atoms with Crippen LogP contribution in [0.3, 0.4) is 0 Å². The van der Waals surface area contributed by atoms with Crippen LogP contribution < -0.4 is 0 Å². The highest BCUT2D eigenvalue weighted by Gasteiger charge is 2.05. The molecule has 8 heavy (non-hydrogen) atoms. The molecule has 0 aliphatic heterocycles. The van der Waals surface area contributed by atoms with E-state index in [1.54, 1.807) is 6.92 Å². The fraction of sp³-hybridized carbons (Fsp3) is 0.750. The first-order valence-corrected chi connectivity index (χ1v) is 2.60. The lowest BCUT2D eigenvalue weighted by Crippen LogP contribution is -2.23. The number of amides is 1. The topological polar surface area (TPSA) is 40.2 Å². The summed E-state index contributed by atoms with van der Waals surface area (Å²) in [6.07, 6.45) is 0. The van der Waals surface area contributed by atoms with Crippen LogP contribution in [0.15, 0.2) is 0 Å². The van der Waals surface area contributed by atoms with Gasteiger partial charge in [-0.1, -0.05) is 0 Å². The molecule has 1 radical (unpaired) electrons. The molecule has 0 unspecified atom stereocenters. The van der Waals surface area contributed by atoms with Crippen molar-refractivity contribution in [2.75, 3.05) is 13.2 Å². The fourth-order valence-electron chi connectivity index (χ4n) is 0.246. The van der Waals surface area contributed by atoms with E-state index in [0.29, 0.717) is 6.54 Å². The molecule has 0 saturated heterocycles. The Morgan fingerprint density at radius 2 is 2.25 bits per heavy atom. The van der Waals surface area contributed by atoms with Crippen molar-refractivity contribution in [2.24, 2.45) is 0 Å². The summed E-state index contributed by atoms with van der Waals surface area (Å²) in [7, 11) is 0. The maximum Gasteiger partial charge on any atom is 0.266 e. The molecule has 0 fully saturated rings. The van der Waals surface area contributed by atoms with Crippen LogP contribution in [0.2, 0.25) is 0 Å². The summed E-state index contributed by atoms with van der Waals surface area (Å²) >= 11 is 5.20. The number of nitrogens with zero attached hydrogens (tertiary/aromatic N) is 1. The van der Waals surface area contributed by atoms with Gasteiger partial charge >= 0.3 is 0 Å². The van der Waals surface area contributed by atoms with Gasteiger partial charge in [-0.2, -0.15) is 0 Å². The molecule has 0 aromatic heterocycles. The highest BCUT2D eigenvalue weighted by atomic mass is 35.5. The predicted molar refractivity (Wildman–Crippen MR) is 28.8 cm³/mol. The Morgan fingerprint density at radius 3 is 2.38 bits per heavy atom. The standard InChI is InChI=1S/C4H7ClNO2/c1-2-6(5)4(8)3-7/h2-3H2,1H3. The second-order valence-electron chi connectivity index (χ2n) is 1.22. The zero-order valence-corrected chi connectivity index (χ0v) is 5.31. The number of halogens is 1. The van der Waals surface area contributed by atoms with Gasteiger partial charge in [0.05, 0.1) is 0 Å². The third kappa shape index (κ3) is 2.14. The maximum absolute atomic E-state index is 10.2. The predicted octanol–water partition coefficient (Wildman–Crippen LogP) is 0.419. The van der Waals surface area contributed by atoms with E-state index in [0.717, 1.165) is 4.42 Å². The summed E-state index contributed by atoms with van der Waals surface area (Å²) < 4.78 is 0.868. The van der Waals surface area contributed by atoms with Crippen molar-refractivity contribution >= 4 is 17.7 Å². The number of hydrogen-bond donors (Lipinski definition) is 0. The van der Waals surface area contributed by atoms with E-state index in [-0.39, 0.29) is 0 Å². The number of likely N-dealkylation sites (N-methyl/N-ethyl adjacent to an activating group) is 1. The Labute approximate surface area is 53.0 Å². The Balaban J connectivity index is 3.46. The van der Waals surface area contributed by atoms with E-state index in [1.807, 2.05) is 0 Å². The van der Waals surface area contributed by atoms with Crippen LogP contribution >= 0.6 is 11.8 Å². The van der Waals surface area contributed by atoms with Crippen LogP contribution in [-0.2, 0) is 9.90 Å². The van der Waals surface area contributed by atoms with Crippen LogP contribution in [0, 0.1) is 0 Å². The first kappa shape index (κ1) is 7.72. The first-order valence-electron chi connectivity index (χ1n) is 2.26. The first-order chi connectivity index (χ1) is 3.72. The van der Waals surface area contributed by atoms with Crippen LogP contribution in [0.1, 0.15) is 6.92 Å². The monoisotopic (exact) mass is 136 g/mol. The minimum atomic E-state index is -0.767. The molecule has 0 aromatic rings. The molecule has 0 atom stereocenters. The van der Waals surface area contributed by atoms with Crippen molar-refractivity contribution < 1.29 is 9.90 Å². The Bertz CT molecular complexity index is 86.1. The number of hydrogen-bond acceptors (Lipinski definition) is 1. The van der Waals surface area contributed by atoms with Gasteiger partial charge in [0.15, 0.2) is 6.61 Å². The second kappa shape index (κ2) is 3.69. The van der Waals surface area contributed by atoms with Crippen molar-refractivity contribution in [3.05, 3.63) is 0 Å². The van der Waals surface area contributed by atoms with Crippen LogP contribution in [0.5, 0.6) is 0 Å². The summed E-state index contributed by atoms with van der Waals surface area (Å²) in [6, 6.07) is 0. The van der Waals surface area contributed by atoms with Crippen LogP contribution in [0.25, 0.3) is 0 Å². The molecule has 47 valence electrons. The minimum Gasteiger partial charge on any atom is -0.271 e. The van der Waals surface area contributed by atoms with Gasteiger partial charge in [-0.15, -0.1) is 0 Å². The van der Waals surface area contributed by atoms with Gasteiger partial charge in [0.2, 0.25) is 0 Å². The molecule has 0 rings (SSSR count). The van der Waals surface area contributed by atoms with Gasteiger partial charge in [0.1, 0.15) is 0 Å². The third-order valence-corrected chi connectivity index (χ3v) is 1.10. The molecule has 0 saturated carbocycles. The zero-order chi connectivity index (χ0) is 6.57. The molecular formula is C4H7ClNO2. The molecule has 1 amide bonds. The van der Waals surface area contributed by atoms with Crippen LogP contribution in [-0.4, -0.2) is 23.5 Å². The normalized spacial score (nSPS) is 8.88. The van der Waals surface area contributed by atoms with Crippen molar-refractivity contribution in [1.29, 1.82) is 0 Å². The van der Waals surface area contributed by atoms with Crippen LogP contribution in [0.4, 0.5) is 0 Å². The zero-order valence-electron chi connectivity index (χ0n) is 4.56. The second-order valence-corrected chi connectivity index (χ2v) is 1.62. The molecule has 0 spiro atoms. The molecule has 4 heteroatoms. The van der Waals surface area contributed by atoms with E-state index >= 15 is 0 Å². The van der Waals surface area contributed by atoms with Gasteiger partial charge in [-0.3, -0.25) is 9.21 Å². The van der Waals surface area contributed by atoms with E-state index in [4.69, 9.17) is 11.8 Å². The van der Waals surface area contributed by atoms with Gasteiger partial charge in [-0.25, -0.2) is 5.11 Å². The summed E-state index contributed by atoms with van der Waals surface area (Å²) in [5, 5.41) is 9.75. The molecule has 0 N–H and O–H groups in total. The molecule has 0 heterocycles. The molecular weight excluding hydrogens is 130 g/mol. The average molecular weight is 137 g/mol. The smallest absolute Gasteiger partial charge is 0.266 e. The number of carbonyl (C=O) groups is 1. The van der Waals surface area contributed by atoms with E-state index in [9.17, 15) is 9.90 Å². The van der Waals surface area contributed by atoms with Gasteiger partial charge in [0, 0.05) is 18.3 Å². The van der Waals surface area contributed by atoms with Crippen molar-refractivity contribution in [3.8, 4) is 0 Å². The largest absolute Gasteiger partial charge is 0.271 e. The van der Waals surface area contributed by atoms with E-state index in [1.165, 1.54) is 0 Å². The summed E-state index contributed by atoms with van der Waals surface area (Å²) in [4.78, 5) is 10.2. The minimum absolute atomic E-state index is 0.378. The third-order valence-electron chi connectivity index (χ3n) is 0.672. The van der Waals surface area contributed by atoms with Gasteiger partial charge < -0.3 is 0 Å². The Kier molecular flexibility index (Phi) is 3.56. The summed E-state index contributed by atoms with van der Waals surface area (Å²) in [5.41, 5.74) is 0. The van der Waals surface area contributed by atoms with Gasteiger partial charge in [0.25, 0.3) is 5.91 Å². The van der Waals surface area contributed by atoms with E-state index in [2.05, 4.69) is 0 Å². The quantitative estimate of drug-likeness (QED) is 0.507. The molecule has 0 aliphatic rings. The number of rotatable bonds is 2. The molecule has 0 bridgehead atoms. The Hall–Kier alpha value is -0.280. The number of carbonyl (C=O) groups excluding carboxylic acids is 1. The highest BCUT2D eigenvalue weighted by Crippen LogP contribution is 1.91. The van der Waals surface area contributed by atoms with Gasteiger partial charge in [-0.05, 0) is 6.92 Å². The fourth-order valence-corrected chi connectivity index (χ4v) is 0.295. The molecule has 0 aliphatic carbocycles.